The van der Waals surface area contributed by atoms with Crippen molar-refractivity contribution in [1.82, 2.24) is 14.9 Å². The Labute approximate surface area is 117 Å². The van der Waals surface area contributed by atoms with Gasteiger partial charge in [-0.1, -0.05) is 12.1 Å². The van der Waals surface area contributed by atoms with Crippen LogP contribution in [0, 0.1) is 11.3 Å². The molecule has 1 N–H and O–H groups in total. The van der Waals surface area contributed by atoms with Crippen LogP contribution in [0.5, 0.6) is 0 Å². The highest BCUT2D eigenvalue weighted by Gasteiger charge is 2.17. The van der Waals surface area contributed by atoms with Crippen LogP contribution in [0.1, 0.15) is 21.7 Å². The predicted octanol–water partition coefficient (Wildman–Crippen LogP) is 2.07. The number of aromatic nitrogens is 2. The molecule has 0 spiro atoms. The standard InChI is InChI=1S/C15H14N4O/c1-19(2)10-13(15-17-6-7-18-15)14(20)12-5-3-4-11(8-12)9-16/h3-8,10H,1-2H3,(H,17,18)/b13-10-. The fourth-order valence-electron chi connectivity index (χ4n) is 1.78. The van der Waals surface area contributed by atoms with E-state index >= 15 is 0 Å². The minimum atomic E-state index is -0.175. The zero-order valence-corrected chi connectivity index (χ0v) is 11.3. The summed E-state index contributed by atoms with van der Waals surface area (Å²) in [5.74, 6) is 0.330. The average molecular weight is 266 g/mol. The van der Waals surface area contributed by atoms with Crippen LogP contribution in [-0.4, -0.2) is 34.7 Å². The van der Waals surface area contributed by atoms with Crippen LogP contribution < -0.4 is 0 Å². The smallest absolute Gasteiger partial charge is 0.198 e. The van der Waals surface area contributed by atoms with Crippen LogP contribution in [0.25, 0.3) is 5.57 Å². The monoisotopic (exact) mass is 266 g/mol. The van der Waals surface area contributed by atoms with Gasteiger partial charge in [-0.05, 0) is 12.1 Å². The zero-order chi connectivity index (χ0) is 14.5. The fraction of sp³-hybridized carbons (Fsp3) is 0.133. The number of imidazole rings is 1. The predicted molar refractivity (Wildman–Crippen MR) is 75.7 cm³/mol. The second-order valence-corrected chi connectivity index (χ2v) is 4.47. The van der Waals surface area contributed by atoms with Crippen molar-refractivity contribution in [2.24, 2.45) is 0 Å². The van der Waals surface area contributed by atoms with Gasteiger partial charge in [-0.3, -0.25) is 4.79 Å². The zero-order valence-electron chi connectivity index (χ0n) is 11.3. The highest BCUT2D eigenvalue weighted by atomic mass is 16.1. The summed E-state index contributed by atoms with van der Waals surface area (Å²) in [6.45, 7) is 0. The first-order chi connectivity index (χ1) is 9.61. The molecule has 0 aliphatic rings. The molecule has 0 saturated carbocycles. The second kappa shape index (κ2) is 5.85. The first kappa shape index (κ1) is 13.6. The number of nitrogens with one attached hydrogen (secondary N) is 1. The third-order valence-electron chi connectivity index (χ3n) is 2.64. The SMILES string of the molecule is CN(C)/C=C(/C(=O)c1cccc(C#N)c1)c1ncc[nH]1. The van der Waals surface area contributed by atoms with Crippen LogP contribution in [0.4, 0.5) is 0 Å². The average Bonchev–Trinajstić information content (AvgIpc) is 2.98. The van der Waals surface area contributed by atoms with Crippen molar-refractivity contribution in [1.29, 1.82) is 5.26 Å². The number of nitriles is 1. The maximum atomic E-state index is 12.6. The van der Waals surface area contributed by atoms with Gasteiger partial charge >= 0.3 is 0 Å². The summed E-state index contributed by atoms with van der Waals surface area (Å²) in [6.07, 6.45) is 4.97. The number of Topliss-reactive ketones (excluding diaryl/α,β-unsaturated/α-hetero) is 1. The molecule has 20 heavy (non-hydrogen) atoms. The normalized spacial score (nSPS) is 10.9. The first-order valence-electron chi connectivity index (χ1n) is 6.04. The number of carbonyl (C=O) groups is 1. The molecule has 0 unspecified atom stereocenters. The number of allylic oxidation sites excluding steroid dienone is 1. The first-order valence-corrected chi connectivity index (χ1v) is 6.04. The van der Waals surface area contributed by atoms with Gasteiger partial charge in [0.05, 0.1) is 17.2 Å². The van der Waals surface area contributed by atoms with E-state index in [1.54, 1.807) is 47.8 Å². The van der Waals surface area contributed by atoms with E-state index in [2.05, 4.69) is 9.97 Å². The Morgan fingerprint density at radius 2 is 2.25 bits per heavy atom. The molecular weight excluding hydrogens is 252 g/mol. The molecule has 5 nitrogen and oxygen atoms in total. The van der Waals surface area contributed by atoms with E-state index in [4.69, 9.17) is 5.26 Å². The van der Waals surface area contributed by atoms with Crippen molar-refractivity contribution in [3.8, 4) is 6.07 Å². The summed E-state index contributed by atoms with van der Waals surface area (Å²) in [4.78, 5) is 21.4. The minimum Gasteiger partial charge on any atom is -0.383 e. The number of ketones is 1. The lowest BCUT2D eigenvalue weighted by molar-refractivity contribution is 0.105. The summed E-state index contributed by atoms with van der Waals surface area (Å²) in [6, 6.07) is 8.66. The Balaban J connectivity index is 2.44. The maximum absolute atomic E-state index is 12.6. The van der Waals surface area contributed by atoms with Crippen LogP contribution >= 0.6 is 0 Å². The lowest BCUT2D eigenvalue weighted by atomic mass is 10.0. The van der Waals surface area contributed by atoms with Gasteiger partial charge in [-0.2, -0.15) is 5.26 Å². The maximum Gasteiger partial charge on any atom is 0.198 e. The van der Waals surface area contributed by atoms with Crippen molar-refractivity contribution in [2.75, 3.05) is 14.1 Å². The molecule has 0 fully saturated rings. The van der Waals surface area contributed by atoms with Crippen molar-refractivity contribution in [3.63, 3.8) is 0 Å². The lowest BCUT2D eigenvalue weighted by Crippen LogP contribution is -2.10. The number of carbonyl (C=O) groups excluding carboxylic acids is 1. The van der Waals surface area contributed by atoms with Gasteiger partial charge in [0.2, 0.25) is 0 Å². The van der Waals surface area contributed by atoms with Crippen molar-refractivity contribution >= 4 is 11.4 Å². The van der Waals surface area contributed by atoms with Gasteiger partial charge in [0.1, 0.15) is 5.82 Å². The number of nitrogens with zero attached hydrogens (tertiary/aromatic N) is 3. The van der Waals surface area contributed by atoms with Crippen molar-refractivity contribution in [3.05, 3.63) is 59.8 Å². The van der Waals surface area contributed by atoms with E-state index in [0.29, 0.717) is 22.5 Å². The molecule has 0 aliphatic heterocycles. The number of aromatic amines is 1. The number of H-pyrrole nitrogens is 1. The minimum absolute atomic E-state index is 0.175. The number of hydrogen-bond donors (Lipinski definition) is 1. The Morgan fingerprint density at radius 3 is 2.85 bits per heavy atom. The van der Waals surface area contributed by atoms with Crippen LogP contribution in [-0.2, 0) is 0 Å². The quantitative estimate of drug-likeness (QED) is 0.679. The number of hydrogen-bond acceptors (Lipinski definition) is 4. The van der Waals surface area contributed by atoms with E-state index in [9.17, 15) is 4.79 Å². The van der Waals surface area contributed by atoms with E-state index in [-0.39, 0.29) is 5.78 Å². The van der Waals surface area contributed by atoms with Crippen LogP contribution in [0.3, 0.4) is 0 Å². The molecule has 0 amide bonds. The van der Waals surface area contributed by atoms with Crippen molar-refractivity contribution < 1.29 is 4.79 Å². The van der Waals surface area contributed by atoms with Gasteiger partial charge in [-0.15, -0.1) is 0 Å². The van der Waals surface area contributed by atoms with Gasteiger partial charge < -0.3 is 9.88 Å². The molecule has 0 atom stereocenters. The summed E-state index contributed by atoms with van der Waals surface area (Å²) in [5.41, 5.74) is 1.38. The molecule has 2 aromatic rings. The fourth-order valence-corrected chi connectivity index (χ4v) is 1.78. The lowest BCUT2D eigenvalue weighted by Gasteiger charge is -2.10. The molecule has 5 heteroatoms. The van der Waals surface area contributed by atoms with E-state index in [0.717, 1.165) is 0 Å². The Hall–Kier alpha value is -2.87. The molecule has 0 radical (unpaired) electrons. The molecule has 1 aromatic carbocycles. The van der Waals surface area contributed by atoms with E-state index < -0.39 is 0 Å². The van der Waals surface area contributed by atoms with Gasteiger partial charge in [-0.25, -0.2) is 4.98 Å². The molecule has 1 heterocycles. The Kier molecular flexibility index (Phi) is 3.96. The number of benzene rings is 1. The molecule has 1 aromatic heterocycles. The molecule has 2 rings (SSSR count). The highest BCUT2D eigenvalue weighted by Crippen LogP contribution is 2.18. The van der Waals surface area contributed by atoms with E-state index in [1.165, 1.54) is 0 Å². The molecule has 0 bridgehead atoms. The molecule has 0 saturated heterocycles. The summed E-state index contributed by atoms with van der Waals surface area (Å²) in [5, 5.41) is 8.91. The topological polar surface area (TPSA) is 72.8 Å². The van der Waals surface area contributed by atoms with Gasteiger partial charge in [0, 0.05) is 38.3 Å². The molecular formula is C15H14N4O. The summed E-state index contributed by atoms with van der Waals surface area (Å²) >= 11 is 0. The second-order valence-electron chi connectivity index (χ2n) is 4.47. The third-order valence-corrected chi connectivity index (χ3v) is 2.64. The summed E-state index contributed by atoms with van der Waals surface area (Å²) in [7, 11) is 3.67. The largest absolute Gasteiger partial charge is 0.383 e. The summed E-state index contributed by atoms with van der Waals surface area (Å²) < 4.78 is 0. The molecule has 100 valence electrons. The van der Waals surface area contributed by atoms with Crippen LogP contribution in [0.2, 0.25) is 0 Å². The van der Waals surface area contributed by atoms with Gasteiger partial charge in [0.15, 0.2) is 5.78 Å². The van der Waals surface area contributed by atoms with Gasteiger partial charge in [0.25, 0.3) is 0 Å². The third kappa shape index (κ3) is 2.93. The Bertz CT molecular complexity index is 678. The highest BCUT2D eigenvalue weighted by molar-refractivity contribution is 6.28. The van der Waals surface area contributed by atoms with Crippen molar-refractivity contribution in [2.45, 2.75) is 0 Å². The Morgan fingerprint density at radius 1 is 1.45 bits per heavy atom. The molecule has 0 aliphatic carbocycles. The number of rotatable bonds is 4. The van der Waals surface area contributed by atoms with Crippen LogP contribution in [0.15, 0.2) is 42.9 Å². The van der Waals surface area contributed by atoms with E-state index in [1.807, 2.05) is 20.2 Å².